The van der Waals surface area contributed by atoms with E-state index in [9.17, 15) is 20.0 Å². The van der Waals surface area contributed by atoms with Gasteiger partial charge in [0.1, 0.15) is 5.69 Å². The third kappa shape index (κ3) is 3.06. The van der Waals surface area contributed by atoms with Crippen molar-refractivity contribution in [2.24, 2.45) is 0 Å². The molecular formula is C13H19N3O5. The summed E-state index contributed by atoms with van der Waals surface area (Å²) in [5, 5.41) is 20.3. The predicted molar refractivity (Wildman–Crippen MR) is 74.2 cm³/mol. The molecule has 1 aliphatic rings. The number of morpholine rings is 1. The van der Waals surface area contributed by atoms with Gasteiger partial charge < -0.3 is 19.3 Å². The first-order valence-electron chi connectivity index (χ1n) is 6.81. The van der Waals surface area contributed by atoms with E-state index in [4.69, 9.17) is 4.74 Å². The third-order valence-electron chi connectivity index (χ3n) is 3.52. The van der Waals surface area contributed by atoms with Gasteiger partial charge in [0.05, 0.1) is 37.0 Å². The molecule has 0 aromatic carbocycles. The second kappa shape index (κ2) is 6.23. The van der Waals surface area contributed by atoms with Crippen LogP contribution in [0.15, 0.2) is 12.3 Å². The lowest BCUT2D eigenvalue weighted by Gasteiger charge is -2.34. The molecule has 0 aliphatic carbocycles. The highest BCUT2D eigenvalue weighted by Gasteiger charge is 2.31. The zero-order valence-corrected chi connectivity index (χ0v) is 12.1. The van der Waals surface area contributed by atoms with Crippen LogP contribution in [0.1, 0.15) is 30.4 Å². The number of aromatic nitrogens is 1. The van der Waals surface area contributed by atoms with Gasteiger partial charge >= 0.3 is 0 Å². The van der Waals surface area contributed by atoms with E-state index >= 15 is 0 Å². The van der Waals surface area contributed by atoms with Crippen LogP contribution in [-0.2, 0) is 4.74 Å². The number of hydrogen-bond donors (Lipinski definition) is 1. The molecule has 2 heterocycles. The number of rotatable bonds is 4. The molecule has 116 valence electrons. The Bertz CT molecular complexity index is 540. The van der Waals surface area contributed by atoms with E-state index in [0.717, 1.165) is 0 Å². The Labute approximate surface area is 122 Å². The van der Waals surface area contributed by atoms with Gasteiger partial charge in [-0.25, -0.2) is 0 Å². The first-order chi connectivity index (χ1) is 9.95. The van der Waals surface area contributed by atoms with Crippen LogP contribution in [0.3, 0.4) is 0 Å². The number of carbonyl (C=O) groups is 1. The lowest BCUT2D eigenvalue weighted by atomic mass is 10.2. The van der Waals surface area contributed by atoms with Crippen LogP contribution >= 0.6 is 0 Å². The molecule has 2 rings (SSSR count). The van der Waals surface area contributed by atoms with Crippen molar-refractivity contribution < 1.29 is 19.6 Å². The van der Waals surface area contributed by atoms with Crippen LogP contribution in [0.25, 0.3) is 0 Å². The minimum absolute atomic E-state index is 0.0775. The van der Waals surface area contributed by atoms with Crippen LogP contribution in [0.2, 0.25) is 0 Å². The predicted octanol–water partition coefficient (Wildman–Crippen LogP) is 0.810. The van der Waals surface area contributed by atoms with Gasteiger partial charge in [0.2, 0.25) is 0 Å². The summed E-state index contributed by atoms with van der Waals surface area (Å²) in [7, 11) is 0. The van der Waals surface area contributed by atoms with Crippen molar-refractivity contribution in [3.63, 3.8) is 0 Å². The van der Waals surface area contributed by atoms with Crippen molar-refractivity contribution in [2.75, 3.05) is 26.4 Å². The average molecular weight is 297 g/mol. The van der Waals surface area contributed by atoms with Gasteiger partial charge in [0.15, 0.2) is 0 Å². The van der Waals surface area contributed by atoms with Crippen molar-refractivity contribution in [3.05, 3.63) is 28.1 Å². The molecule has 1 N–H and O–H groups in total. The first kappa shape index (κ1) is 15.5. The van der Waals surface area contributed by atoms with Gasteiger partial charge in [-0.3, -0.25) is 14.9 Å². The topological polar surface area (TPSA) is 97.8 Å². The average Bonchev–Trinajstić information content (AvgIpc) is 2.92. The summed E-state index contributed by atoms with van der Waals surface area (Å²) in [4.78, 5) is 24.6. The molecule has 1 aromatic rings. The standard InChI is InChI=1S/C13H19N3O5/c1-9(2)15-6-10(16(19)20)5-12(15)13(18)14-3-4-21-8-11(14)7-17/h5-6,9,11,17H,3-4,7-8H2,1-2H3. The molecule has 1 saturated heterocycles. The molecule has 1 aliphatic heterocycles. The Morgan fingerprint density at radius 1 is 1.62 bits per heavy atom. The second-order valence-electron chi connectivity index (χ2n) is 5.25. The third-order valence-corrected chi connectivity index (χ3v) is 3.52. The van der Waals surface area contributed by atoms with E-state index in [2.05, 4.69) is 0 Å². The van der Waals surface area contributed by atoms with Crippen molar-refractivity contribution >= 4 is 11.6 Å². The molecule has 1 amide bonds. The minimum Gasteiger partial charge on any atom is -0.394 e. The van der Waals surface area contributed by atoms with Gasteiger partial charge in [0, 0.05) is 18.7 Å². The summed E-state index contributed by atoms with van der Waals surface area (Å²) in [5.74, 6) is -0.320. The maximum absolute atomic E-state index is 12.6. The molecule has 1 atom stereocenters. The van der Waals surface area contributed by atoms with Crippen molar-refractivity contribution in [3.8, 4) is 0 Å². The normalized spacial score (nSPS) is 19.0. The van der Waals surface area contributed by atoms with Gasteiger partial charge in [-0.15, -0.1) is 0 Å². The van der Waals surface area contributed by atoms with E-state index < -0.39 is 11.0 Å². The molecule has 0 radical (unpaired) electrons. The van der Waals surface area contributed by atoms with Crippen LogP contribution in [-0.4, -0.2) is 57.8 Å². The molecule has 0 spiro atoms. The number of hydrogen-bond acceptors (Lipinski definition) is 5. The summed E-state index contributed by atoms with van der Waals surface area (Å²) < 4.78 is 6.83. The van der Waals surface area contributed by atoms with Crippen molar-refractivity contribution in [1.82, 2.24) is 9.47 Å². The zero-order chi connectivity index (χ0) is 15.6. The maximum atomic E-state index is 12.6. The molecule has 1 fully saturated rings. The molecule has 8 nitrogen and oxygen atoms in total. The highest BCUT2D eigenvalue weighted by atomic mass is 16.6. The quantitative estimate of drug-likeness (QED) is 0.655. The smallest absolute Gasteiger partial charge is 0.287 e. The number of carbonyl (C=O) groups excluding carboxylic acids is 1. The van der Waals surface area contributed by atoms with Gasteiger partial charge in [0.25, 0.3) is 11.6 Å². The van der Waals surface area contributed by atoms with Gasteiger partial charge in [-0.05, 0) is 13.8 Å². The summed E-state index contributed by atoms with van der Waals surface area (Å²) >= 11 is 0. The Balaban J connectivity index is 2.35. The van der Waals surface area contributed by atoms with Crippen LogP contribution in [0, 0.1) is 10.1 Å². The van der Waals surface area contributed by atoms with Gasteiger partial charge in [-0.2, -0.15) is 0 Å². The minimum atomic E-state index is -0.515. The van der Waals surface area contributed by atoms with E-state index in [-0.39, 0.29) is 36.5 Å². The molecule has 1 unspecified atom stereocenters. The highest BCUT2D eigenvalue weighted by molar-refractivity contribution is 5.94. The Morgan fingerprint density at radius 3 is 2.90 bits per heavy atom. The van der Waals surface area contributed by atoms with Gasteiger partial charge in [-0.1, -0.05) is 0 Å². The molecule has 1 aromatic heterocycles. The van der Waals surface area contributed by atoms with Crippen LogP contribution < -0.4 is 0 Å². The summed E-state index contributed by atoms with van der Waals surface area (Å²) in [6, 6.07) is 0.791. The largest absolute Gasteiger partial charge is 0.394 e. The highest BCUT2D eigenvalue weighted by Crippen LogP contribution is 2.23. The van der Waals surface area contributed by atoms with E-state index in [1.165, 1.54) is 17.2 Å². The molecule has 8 heteroatoms. The Morgan fingerprint density at radius 2 is 2.33 bits per heavy atom. The molecule has 21 heavy (non-hydrogen) atoms. The molecular weight excluding hydrogens is 278 g/mol. The summed E-state index contributed by atoms with van der Waals surface area (Å²) in [6.07, 6.45) is 1.37. The lowest BCUT2D eigenvalue weighted by molar-refractivity contribution is -0.384. The number of aliphatic hydroxyl groups is 1. The molecule has 0 bridgehead atoms. The SMILES string of the molecule is CC(C)n1cc([N+](=O)[O-])cc1C(=O)N1CCOCC1CO. The zero-order valence-electron chi connectivity index (χ0n) is 12.1. The van der Waals surface area contributed by atoms with E-state index in [0.29, 0.717) is 13.2 Å². The first-order valence-corrected chi connectivity index (χ1v) is 6.81. The summed E-state index contributed by atoms with van der Waals surface area (Å²) in [5.41, 5.74) is 0.151. The van der Waals surface area contributed by atoms with Crippen LogP contribution in [0.5, 0.6) is 0 Å². The van der Waals surface area contributed by atoms with Crippen LogP contribution in [0.4, 0.5) is 5.69 Å². The van der Waals surface area contributed by atoms with Crippen molar-refractivity contribution in [1.29, 1.82) is 0 Å². The summed E-state index contributed by atoms with van der Waals surface area (Å²) in [6.45, 7) is 4.53. The maximum Gasteiger partial charge on any atom is 0.287 e. The number of aliphatic hydroxyl groups excluding tert-OH is 1. The number of nitrogens with zero attached hydrogens (tertiary/aromatic N) is 3. The number of amides is 1. The van der Waals surface area contributed by atoms with E-state index in [1.54, 1.807) is 4.57 Å². The lowest BCUT2D eigenvalue weighted by Crippen LogP contribution is -2.50. The van der Waals surface area contributed by atoms with Crippen molar-refractivity contribution in [2.45, 2.75) is 25.9 Å². The molecule has 0 saturated carbocycles. The number of nitro groups is 1. The fourth-order valence-corrected chi connectivity index (χ4v) is 2.38. The fourth-order valence-electron chi connectivity index (χ4n) is 2.38. The number of ether oxygens (including phenoxy) is 1. The second-order valence-corrected chi connectivity index (χ2v) is 5.25. The monoisotopic (exact) mass is 297 g/mol. The van der Waals surface area contributed by atoms with E-state index in [1.807, 2.05) is 13.8 Å². The Kier molecular flexibility index (Phi) is 4.59. The Hall–Kier alpha value is -1.93. The fraction of sp³-hybridized carbons (Fsp3) is 0.615.